The van der Waals surface area contributed by atoms with Gasteiger partial charge < -0.3 is 15.6 Å². The van der Waals surface area contributed by atoms with Gasteiger partial charge in [-0.15, -0.1) is 0 Å². The minimum absolute atomic E-state index is 0.0239. The van der Waals surface area contributed by atoms with Gasteiger partial charge in [-0.2, -0.15) is 0 Å². The number of hydrogen-bond acceptors (Lipinski definition) is 4. The number of carboxylic acid groups (broad SMARTS) is 1. The lowest BCUT2D eigenvalue weighted by molar-refractivity contribution is -0.142. The Balaban J connectivity index is 2.01. The number of rotatable bonds is 5. The lowest BCUT2D eigenvalue weighted by atomic mass is 10.0. The normalized spacial score (nSPS) is 19.4. The summed E-state index contributed by atoms with van der Waals surface area (Å²) in [4.78, 5) is 24.1. The number of aryl methyl sites for hydroxylation is 1. The van der Waals surface area contributed by atoms with Crippen LogP contribution in [0.1, 0.15) is 27.9 Å². The molecule has 114 valence electrons. The second kappa shape index (κ2) is 6.69. The van der Waals surface area contributed by atoms with E-state index in [-0.39, 0.29) is 12.5 Å². The summed E-state index contributed by atoms with van der Waals surface area (Å²) in [5.41, 5.74) is 7.88. The molecule has 1 aliphatic heterocycles. The van der Waals surface area contributed by atoms with E-state index in [1.54, 1.807) is 12.1 Å². The Morgan fingerprint density at radius 3 is 2.86 bits per heavy atom. The summed E-state index contributed by atoms with van der Waals surface area (Å²) >= 11 is 0. The summed E-state index contributed by atoms with van der Waals surface area (Å²) in [6.07, 6.45) is -0.239. The number of primary amides is 1. The summed E-state index contributed by atoms with van der Waals surface area (Å²) in [5, 5.41) is 8.83. The molecule has 1 heterocycles. The number of carbonyl (C=O) groups is 2. The number of ether oxygens (including phenoxy) is 1. The average molecular weight is 292 g/mol. The van der Waals surface area contributed by atoms with Gasteiger partial charge in [0.15, 0.2) is 0 Å². The van der Waals surface area contributed by atoms with Crippen molar-refractivity contribution in [3.8, 4) is 0 Å². The van der Waals surface area contributed by atoms with Crippen molar-refractivity contribution in [1.29, 1.82) is 0 Å². The summed E-state index contributed by atoms with van der Waals surface area (Å²) in [6.45, 7) is 4.56. The molecule has 0 aromatic heterocycles. The van der Waals surface area contributed by atoms with Crippen LogP contribution < -0.4 is 5.73 Å². The second-order valence-electron chi connectivity index (χ2n) is 5.33. The van der Waals surface area contributed by atoms with Gasteiger partial charge in [0.05, 0.1) is 19.1 Å². The summed E-state index contributed by atoms with van der Waals surface area (Å²) in [5.74, 6) is -1.28. The first-order valence-corrected chi connectivity index (χ1v) is 6.91. The zero-order chi connectivity index (χ0) is 15.4. The molecule has 1 unspecified atom stereocenters. The van der Waals surface area contributed by atoms with E-state index in [0.29, 0.717) is 25.3 Å². The Kier molecular flexibility index (Phi) is 4.93. The van der Waals surface area contributed by atoms with E-state index in [9.17, 15) is 9.59 Å². The van der Waals surface area contributed by atoms with Crippen LogP contribution in [0.25, 0.3) is 0 Å². The van der Waals surface area contributed by atoms with Crippen LogP contribution in [0.2, 0.25) is 0 Å². The molecule has 1 atom stereocenters. The van der Waals surface area contributed by atoms with E-state index in [1.165, 1.54) is 0 Å². The van der Waals surface area contributed by atoms with Crippen LogP contribution in [0.3, 0.4) is 0 Å². The van der Waals surface area contributed by atoms with E-state index >= 15 is 0 Å². The van der Waals surface area contributed by atoms with Gasteiger partial charge in [-0.05, 0) is 30.2 Å². The maximum atomic E-state index is 11.1. The van der Waals surface area contributed by atoms with Crippen LogP contribution >= 0.6 is 0 Å². The maximum absolute atomic E-state index is 11.1. The highest BCUT2D eigenvalue weighted by Gasteiger charge is 2.23. The van der Waals surface area contributed by atoms with Crippen molar-refractivity contribution in [2.45, 2.75) is 26.0 Å². The number of nitrogens with zero attached hydrogens (tertiary/aromatic N) is 1. The minimum Gasteiger partial charge on any atom is -0.481 e. The third kappa shape index (κ3) is 4.27. The SMILES string of the molecule is Cc1cc(C(N)=O)ccc1CN1CCOC(CC(=O)O)C1. The summed E-state index contributed by atoms with van der Waals surface area (Å²) in [7, 11) is 0. The number of carbonyl (C=O) groups excluding carboxylic acids is 1. The zero-order valence-electron chi connectivity index (χ0n) is 12.0. The molecule has 0 radical (unpaired) electrons. The van der Waals surface area contributed by atoms with Gasteiger partial charge in [0, 0.05) is 25.2 Å². The van der Waals surface area contributed by atoms with Crippen molar-refractivity contribution in [3.63, 3.8) is 0 Å². The van der Waals surface area contributed by atoms with Crippen LogP contribution in [0.5, 0.6) is 0 Å². The Morgan fingerprint density at radius 1 is 1.48 bits per heavy atom. The van der Waals surface area contributed by atoms with Crippen molar-refractivity contribution < 1.29 is 19.4 Å². The van der Waals surface area contributed by atoms with E-state index < -0.39 is 11.9 Å². The van der Waals surface area contributed by atoms with E-state index in [4.69, 9.17) is 15.6 Å². The lowest BCUT2D eigenvalue weighted by Gasteiger charge is -2.32. The molecule has 1 saturated heterocycles. The van der Waals surface area contributed by atoms with Crippen LogP contribution in [-0.4, -0.2) is 47.7 Å². The van der Waals surface area contributed by atoms with Gasteiger partial charge >= 0.3 is 5.97 Å². The number of hydrogen-bond donors (Lipinski definition) is 2. The molecule has 0 aliphatic carbocycles. The highest BCUT2D eigenvalue weighted by Crippen LogP contribution is 2.16. The van der Waals surface area contributed by atoms with Crippen molar-refractivity contribution in [2.75, 3.05) is 19.7 Å². The molecule has 2 rings (SSSR count). The number of aliphatic carboxylic acids is 1. The molecule has 0 spiro atoms. The second-order valence-corrected chi connectivity index (χ2v) is 5.33. The molecule has 1 aromatic rings. The van der Waals surface area contributed by atoms with Crippen LogP contribution in [0.15, 0.2) is 18.2 Å². The molecule has 1 aliphatic rings. The van der Waals surface area contributed by atoms with Crippen LogP contribution in [-0.2, 0) is 16.1 Å². The predicted octanol–water partition coefficient (Wildman–Crippen LogP) is 0.769. The molecule has 3 N–H and O–H groups in total. The van der Waals surface area contributed by atoms with Crippen molar-refractivity contribution >= 4 is 11.9 Å². The highest BCUT2D eigenvalue weighted by atomic mass is 16.5. The molecule has 1 fully saturated rings. The van der Waals surface area contributed by atoms with Gasteiger partial charge in [-0.25, -0.2) is 0 Å². The quantitative estimate of drug-likeness (QED) is 0.836. The first kappa shape index (κ1) is 15.5. The molecule has 6 heteroatoms. The molecular weight excluding hydrogens is 272 g/mol. The minimum atomic E-state index is -0.844. The molecule has 6 nitrogen and oxygen atoms in total. The predicted molar refractivity (Wildman–Crippen MR) is 77.0 cm³/mol. The molecule has 1 aromatic carbocycles. The van der Waals surface area contributed by atoms with Gasteiger partial charge in [-0.3, -0.25) is 14.5 Å². The summed E-state index contributed by atoms with van der Waals surface area (Å²) < 4.78 is 5.45. The number of amides is 1. The van der Waals surface area contributed by atoms with Crippen LogP contribution in [0.4, 0.5) is 0 Å². The first-order valence-electron chi connectivity index (χ1n) is 6.91. The fourth-order valence-corrected chi connectivity index (χ4v) is 2.51. The van der Waals surface area contributed by atoms with Crippen molar-refractivity contribution in [2.24, 2.45) is 5.73 Å². The fraction of sp³-hybridized carbons (Fsp3) is 0.467. The molecule has 21 heavy (non-hydrogen) atoms. The van der Waals surface area contributed by atoms with Gasteiger partial charge in [0.1, 0.15) is 0 Å². The molecule has 0 saturated carbocycles. The standard InChI is InChI=1S/C15H20N2O4/c1-10-6-11(15(16)20)2-3-12(10)8-17-4-5-21-13(9-17)7-14(18)19/h2-3,6,13H,4-5,7-9H2,1H3,(H2,16,20)(H,18,19). The Hall–Kier alpha value is -1.92. The lowest BCUT2D eigenvalue weighted by Crippen LogP contribution is -2.42. The van der Waals surface area contributed by atoms with E-state index in [1.807, 2.05) is 13.0 Å². The smallest absolute Gasteiger partial charge is 0.306 e. The van der Waals surface area contributed by atoms with Crippen LogP contribution in [0, 0.1) is 6.92 Å². The Bertz CT molecular complexity index is 544. The Labute approximate surface area is 123 Å². The topological polar surface area (TPSA) is 92.9 Å². The number of carboxylic acids is 1. The van der Waals surface area contributed by atoms with E-state index in [0.717, 1.165) is 17.7 Å². The van der Waals surface area contributed by atoms with Crippen molar-refractivity contribution in [3.05, 3.63) is 34.9 Å². The fourth-order valence-electron chi connectivity index (χ4n) is 2.51. The number of nitrogens with two attached hydrogens (primary N) is 1. The zero-order valence-corrected chi connectivity index (χ0v) is 12.0. The van der Waals surface area contributed by atoms with Gasteiger partial charge in [0.25, 0.3) is 0 Å². The first-order chi connectivity index (χ1) is 9.95. The highest BCUT2D eigenvalue weighted by molar-refractivity contribution is 5.93. The largest absolute Gasteiger partial charge is 0.481 e. The third-order valence-corrected chi connectivity index (χ3v) is 3.65. The molecular formula is C15H20N2O4. The molecule has 1 amide bonds. The Morgan fingerprint density at radius 2 is 2.24 bits per heavy atom. The third-order valence-electron chi connectivity index (χ3n) is 3.65. The number of morpholine rings is 1. The van der Waals surface area contributed by atoms with E-state index in [2.05, 4.69) is 4.90 Å². The van der Waals surface area contributed by atoms with Gasteiger partial charge in [-0.1, -0.05) is 6.07 Å². The molecule has 0 bridgehead atoms. The monoisotopic (exact) mass is 292 g/mol. The average Bonchev–Trinajstić information content (AvgIpc) is 2.40. The summed E-state index contributed by atoms with van der Waals surface area (Å²) in [6, 6.07) is 5.41. The van der Waals surface area contributed by atoms with Crippen molar-refractivity contribution in [1.82, 2.24) is 4.90 Å². The van der Waals surface area contributed by atoms with Gasteiger partial charge in [0.2, 0.25) is 5.91 Å². The maximum Gasteiger partial charge on any atom is 0.306 e. The number of benzene rings is 1.